The lowest BCUT2D eigenvalue weighted by atomic mass is 10.1. The van der Waals surface area contributed by atoms with Crippen molar-refractivity contribution < 1.29 is 13.2 Å². The summed E-state index contributed by atoms with van der Waals surface area (Å²) in [6.07, 6.45) is -4.08. The summed E-state index contributed by atoms with van der Waals surface area (Å²) in [7, 11) is 0. The third-order valence-corrected chi connectivity index (χ3v) is 3.45. The van der Waals surface area contributed by atoms with Gasteiger partial charge in [-0.3, -0.25) is 0 Å². The molecule has 1 unspecified atom stereocenters. The predicted molar refractivity (Wildman–Crippen MR) is 62.9 cm³/mol. The van der Waals surface area contributed by atoms with Crippen molar-refractivity contribution >= 4 is 17.4 Å². The summed E-state index contributed by atoms with van der Waals surface area (Å²) in [6.45, 7) is 3.74. The van der Waals surface area contributed by atoms with E-state index in [-0.39, 0.29) is 18.1 Å². The Bertz CT molecular complexity index is 462. The molecule has 2 rings (SSSR count). The molecule has 1 atom stereocenters. The first-order chi connectivity index (χ1) is 8.29. The van der Waals surface area contributed by atoms with Gasteiger partial charge in [0.25, 0.3) is 0 Å². The highest BCUT2D eigenvalue weighted by molar-refractivity contribution is 6.31. The van der Waals surface area contributed by atoms with Crippen molar-refractivity contribution in [3.8, 4) is 0 Å². The van der Waals surface area contributed by atoms with Gasteiger partial charge < -0.3 is 4.90 Å². The van der Waals surface area contributed by atoms with Crippen molar-refractivity contribution in [3.63, 3.8) is 0 Å². The van der Waals surface area contributed by atoms with Gasteiger partial charge in [-0.2, -0.15) is 13.2 Å². The van der Waals surface area contributed by atoms with Crippen LogP contribution in [0.25, 0.3) is 0 Å². The van der Waals surface area contributed by atoms with Crippen LogP contribution in [0.3, 0.4) is 0 Å². The number of aromatic nitrogens is 2. The van der Waals surface area contributed by atoms with Crippen LogP contribution >= 0.6 is 11.6 Å². The van der Waals surface area contributed by atoms with Crippen LogP contribution < -0.4 is 4.90 Å². The number of anilines is 1. The van der Waals surface area contributed by atoms with Crippen molar-refractivity contribution in [2.45, 2.75) is 26.4 Å². The Morgan fingerprint density at radius 2 is 1.83 bits per heavy atom. The topological polar surface area (TPSA) is 29.0 Å². The van der Waals surface area contributed by atoms with Crippen LogP contribution in [0.2, 0.25) is 5.15 Å². The Hall–Kier alpha value is -1.04. The Morgan fingerprint density at radius 3 is 2.39 bits per heavy atom. The molecule has 1 aromatic rings. The molecule has 0 aromatic carbocycles. The first kappa shape index (κ1) is 13.4. The molecule has 3 nitrogen and oxygen atoms in total. The predicted octanol–water partition coefficient (Wildman–Crippen LogP) is 3.14. The SMILES string of the molecule is Cc1nc(Cl)c(N2CCC(C(F)(F)F)C2)nc1C. The van der Waals surface area contributed by atoms with E-state index < -0.39 is 12.1 Å². The molecule has 0 amide bonds. The van der Waals surface area contributed by atoms with Crippen LogP contribution in [0.1, 0.15) is 17.8 Å². The highest BCUT2D eigenvalue weighted by Crippen LogP contribution is 2.36. The maximum Gasteiger partial charge on any atom is 0.393 e. The molecule has 2 heterocycles. The fraction of sp³-hybridized carbons (Fsp3) is 0.636. The molecular formula is C11H13ClF3N3. The molecule has 1 fully saturated rings. The number of alkyl halides is 3. The largest absolute Gasteiger partial charge is 0.393 e. The van der Waals surface area contributed by atoms with Gasteiger partial charge in [0.1, 0.15) is 0 Å². The zero-order valence-corrected chi connectivity index (χ0v) is 10.8. The second-order valence-corrected chi connectivity index (χ2v) is 4.84. The molecule has 0 spiro atoms. The van der Waals surface area contributed by atoms with Crippen LogP contribution in [-0.4, -0.2) is 29.2 Å². The fourth-order valence-corrected chi connectivity index (χ4v) is 2.27. The van der Waals surface area contributed by atoms with Gasteiger partial charge in [0.2, 0.25) is 0 Å². The summed E-state index contributed by atoms with van der Waals surface area (Å²) in [5, 5.41) is 0.168. The Balaban J connectivity index is 2.22. The molecule has 1 aliphatic rings. The Kier molecular flexibility index (Phi) is 3.40. The zero-order valence-electron chi connectivity index (χ0n) is 10.1. The number of rotatable bonds is 1. The standard InChI is InChI=1S/C11H13ClF3N3/c1-6-7(2)17-10(9(12)16-6)18-4-3-8(5-18)11(13,14)15/h8H,3-5H2,1-2H3. The second kappa shape index (κ2) is 4.57. The van der Waals surface area contributed by atoms with E-state index in [9.17, 15) is 13.2 Å². The van der Waals surface area contributed by atoms with E-state index in [2.05, 4.69) is 9.97 Å². The Labute approximate surface area is 108 Å². The van der Waals surface area contributed by atoms with Crippen molar-refractivity contribution in [1.29, 1.82) is 0 Å². The molecule has 1 saturated heterocycles. The van der Waals surface area contributed by atoms with Crippen LogP contribution in [0.5, 0.6) is 0 Å². The number of halogens is 4. The highest BCUT2D eigenvalue weighted by atomic mass is 35.5. The smallest absolute Gasteiger partial charge is 0.353 e. The van der Waals surface area contributed by atoms with Crippen LogP contribution in [0, 0.1) is 19.8 Å². The number of nitrogens with zero attached hydrogens (tertiary/aromatic N) is 3. The quantitative estimate of drug-likeness (QED) is 0.791. The maximum atomic E-state index is 12.6. The van der Waals surface area contributed by atoms with Crippen LogP contribution in [0.4, 0.5) is 19.0 Å². The van der Waals surface area contributed by atoms with Crippen molar-refractivity contribution in [2.75, 3.05) is 18.0 Å². The first-order valence-electron chi connectivity index (χ1n) is 5.61. The molecule has 18 heavy (non-hydrogen) atoms. The molecule has 1 aliphatic heterocycles. The normalized spacial score (nSPS) is 20.6. The lowest BCUT2D eigenvalue weighted by Crippen LogP contribution is -2.28. The fourth-order valence-electron chi connectivity index (χ4n) is 1.99. The summed E-state index contributed by atoms with van der Waals surface area (Å²) in [5.74, 6) is -0.955. The highest BCUT2D eigenvalue weighted by Gasteiger charge is 2.44. The molecule has 100 valence electrons. The maximum absolute atomic E-state index is 12.6. The third kappa shape index (κ3) is 2.53. The molecule has 1 aromatic heterocycles. The minimum Gasteiger partial charge on any atom is -0.353 e. The van der Waals surface area contributed by atoms with Gasteiger partial charge >= 0.3 is 6.18 Å². The molecule has 0 bridgehead atoms. The minimum absolute atomic E-state index is 0.0778. The van der Waals surface area contributed by atoms with E-state index >= 15 is 0 Å². The van der Waals surface area contributed by atoms with Gasteiger partial charge in [-0.25, -0.2) is 9.97 Å². The van der Waals surface area contributed by atoms with Crippen LogP contribution in [-0.2, 0) is 0 Å². The zero-order chi connectivity index (χ0) is 13.5. The summed E-state index contributed by atoms with van der Waals surface area (Å²) >= 11 is 5.95. The lowest BCUT2D eigenvalue weighted by Gasteiger charge is -2.20. The number of hydrogen-bond acceptors (Lipinski definition) is 3. The lowest BCUT2D eigenvalue weighted by molar-refractivity contribution is -0.168. The first-order valence-corrected chi connectivity index (χ1v) is 5.99. The van der Waals surface area contributed by atoms with Gasteiger partial charge in [0.15, 0.2) is 11.0 Å². The summed E-state index contributed by atoms with van der Waals surface area (Å²) < 4.78 is 37.8. The van der Waals surface area contributed by atoms with E-state index in [0.717, 1.165) is 0 Å². The third-order valence-electron chi connectivity index (χ3n) is 3.20. The molecule has 0 aliphatic carbocycles. The van der Waals surface area contributed by atoms with Gasteiger partial charge in [-0.15, -0.1) is 0 Å². The van der Waals surface area contributed by atoms with Crippen molar-refractivity contribution in [2.24, 2.45) is 5.92 Å². The molecular weight excluding hydrogens is 267 g/mol. The molecule has 0 N–H and O–H groups in total. The number of hydrogen-bond donors (Lipinski definition) is 0. The number of aryl methyl sites for hydroxylation is 2. The summed E-state index contributed by atoms with van der Waals surface area (Å²) in [6, 6.07) is 0. The molecule has 0 saturated carbocycles. The van der Waals surface area contributed by atoms with Crippen LogP contribution in [0.15, 0.2) is 0 Å². The van der Waals surface area contributed by atoms with Gasteiger partial charge in [-0.1, -0.05) is 11.6 Å². The van der Waals surface area contributed by atoms with E-state index in [1.54, 1.807) is 18.7 Å². The van der Waals surface area contributed by atoms with Gasteiger partial charge in [0.05, 0.1) is 17.3 Å². The summed E-state index contributed by atoms with van der Waals surface area (Å²) in [5.41, 5.74) is 1.38. The van der Waals surface area contributed by atoms with E-state index in [0.29, 0.717) is 23.8 Å². The monoisotopic (exact) mass is 279 g/mol. The molecule has 7 heteroatoms. The average molecular weight is 280 g/mol. The summed E-state index contributed by atoms with van der Waals surface area (Å²) in [4.78, 5) is 9.88. The van der Waals surface area contributed by atoms with Crippen molar-refractivity contribution in [1.82, 2.24) is 9.97 Å². The second-order valence-electron chi connectivity index (χ2n) is 4.48. The van der Waals surface area contributed by atoms with E-state index in [1.165, 1.54) is 0 Å². The van der Waals surface area contributed by atoms with Gasteiger partial charge in [0, 0.05) is 13.1 Å². The van der Waals surface area contributed by atoms with Gasteiger partial charge in [-0.05, 0) is 20.3 Å². The molecule has 0 radical (unpaired) electrons. The van der Waals surface area contributed by atoms with E-state index in [1.807, 2.05) is 0 Å². The Morgan fingerprint density at radius 1 is 1.22 bits per heavy atom. The average Bonchev–Trinajstić information content (AvgIpc) is 2.72. The minimum atomic E-state index is -4.16. The van der Waals surface area contributed by atoms with E-state index in [4.69, 9.17) is 11.6 Å². The van der Waals surface area contributed by atoms with Crippen molar-refractivity contribution in [3.05, 3.63) is 16.5 Å².